The molecule has 2 N–H and O–H groups in total. The Labute approximate surface area is 123 Å². The Bertz CT molecular complexity index is 594. The van der Waals surface area contributed by atoms with E-state index in [0.717, 1.165) is 19.5 Å². The predicted octanol–water partition coefficient (Wildman–Crippen LogP) is 3.33. The molecule has 2 atom stereocenters. The summed E-state index contributed by atoms with van der Waals surface area (Å²) in [4.78, 5) is 3.76. The summed E-state index contributed by atoms with van der Waals surface area (Å²) < 4.78 is 14.1. The van der Waals surface area contributed by atoms with Crippen LogP contribution in [0.1, 0.15) is 29.0 Å². The quantitative estimate of drug-likeness (QED) is 0.939. The zero-order chi connectivity index (χ0) is 14.1. The first-order valence-corrected chi connectivity index (χ1v) is 7.84. The minimum Gasteiger partial charge on any atom is -0.326 e. The molecule has 2 heterocycles. The second kappa shape index (κ2) is 5.64. The van der Waals surface area contributed by atoms with Crippen LogP contribution >= 0.6 is 11.3 Å². The van der Waals surface area contributed by atoms with E-state index in [2.05, 4.69) is 16.3 Å². The van der Waals surface area contributed by atoms with Gasteiger partial charge in [-0.3, -0.25) is 4.90 Å². The molecule has 0 radical (unpaired) electrons. The van der Waals surface area contributed by atoms with E-state index in [0.29, 0.717) is 5.56 Å². The summed E-state index contributed by atoms with van der Waals surface area (Å²) in [6.07, 6.45) is 1.03. The molecule has 0 bridgehead atoms. The van der Waals surface area contributed by atoms with Crippen molar-refractivity contribution in [3.05, 3.63) is 57.5 Å². The summed E-state index contributed by atoms with van der Waals surface area (Å²) in [6, 6.07) is 8.98. The van der Waals surface area contributed by atoms with E-state index in [1.54, 1.807) is 6.07 Å². The third-order valence-electron chi connectivity index (χ3n) is 3.95. The van der Waals surface area contributed by atoms with E-state index in [1.807, 2.05) is 30.4 Å². The first kappa shape index (κ1) is 13.7. The summed E-state index contributed by atoms with van der Waals surface area (Å²) in [6.45, 7) is 3.76. The third-order valence-corrected chi connectivity index (χ3v) is 4.98. The number of benzene rings is 1. The van der Waals surface area contributed by atoms with Crippen LogP contribution in [-0.2, 0) is 13.0 Å². The van der Waals surface area contributed by atoms with E-state index in [9.17, 15) is 4.39 Å². The van der Waals surface area contributed by atoms with Crippen molar-refractivity contribution in [2.45, 2.75) is 32.0 Å². The lowest BCUT2D eigenvalue weighted by atomic mass is 9.96. The van der Waals surface area contributed by atoms with Crippen LogP contribution in [0, 0.1) is 5.82 Å². The number of fused-ring (bicyclic) bond motifs is 1. The van der Waals surface area contributed by atoms with Crippen LogP contribution in [0.4, 0.5) is 4.39 Å². The van der Waals surface area contributed by atoms with Gasteiger partial charge in [-0.15, -0.1) is 11.3 Å². The highest BCUT2D eigenvalue weighted by molar-refractivity contribution is 7.10. The Morgan fingerprint density at radius 1 is 1.30 bits per heavy atom. The van der Waals surface area contributed by atoms with Crippen molar-refractivity contribution in [1.29, 1.82) is 0 Å². The van der Waals surface area contributed by atoms with Crippen molar-refractivity contribution in [2.24, 2.45) is 5.73 Å². The molecule has 1 aromatic carbocycles. The number of hydrogen-bond donors (Lipinski definition) is 1. The van der Waals surface area contributed by atoms with Crippen LogP contribution in [0.5, 0.6) is 0 Å². The predicted molar refractivity (Wildman–Crippen MR) is 81.2 cm³/mol. The molecule has 2 aromatic rings. The molecule has 1 aliphatic heterocycles. The third kappa shape index (κ3) is 2.51. The van der Waals surface area contributed by atoms with E-state index in [-0.39, 0.29) is 17.9 Å². The average Bonchev–Trinajstić information content (AvgIpc) is 2.88. The minimum absolute atomic E-state index is 0.0655. The largest absolute Gasteiger partial charge is 0.326 e. The highest BCUT2D eigenvalue weighted by Crippen LogP contribution is 2.32. The molecule has 0 spiro atoms. The van der Waals surface area contributed by atoms with Gasteiger partial charge in [0.05, 0.1) is 6.04 Å². The van der Waals surface area contributed by atoms with Gasteiger partial charge in [-0.05, 0) is 36.4 Å². The molecule has 2 nitrogen and oxygen atoms in total. The lowest BCUT2D eigenvalue weighted by Crippen LogP contribution is -2.42. The molecule has 0 fully saturated rings. The summed E-state index contributed by atoms with van der Waals surface area (Å²) >= 11 is 1.81. The van der Waals surface area contributed by atoms with Gasteiger partial charge >= 0.3 is 0 Å². The number of hydrogen-bond acceptors (Lipinski definition) is 3. The van der Waals surface area contributed by atoms with Crippen molar-refractivity contribution in [3.63, 3.8) is 0 Å². The molecular weight excluding hydrogens is 271 g/mol. The van der Waals surface area contributed by atoms with Crippen molar-refractivity contribution >= 4 is 11.3 Å². The summed E-state index contributed by atoms with van der Waals surface area (Å²) in [5.41, 5.74) is 8.23. The lowest BCUT2D eigenvalue weighted by Gasteiger charge is -2.37. The number of thiophene rings is 1. The lowest BCUT2D eigenvalue weighted by molar-refractivity contribution is 0.157. The fourth-order valence-electron chi connectivity index (χ4n) is 3.04. The number of halogens is 1. The fourth-order valence-corrected chi connectivity index (χ4v) is 3.92. The Morgan fingerprint density at radius 3 is 2.85 bits per heavy atom. The monoisotopic (exact) mass is 290 g/mol. The second-order valence-corrected chi connectivity index (χ2v) is 6.42. The van der Waals surface area contributed by atoms with E-state index in [1.165, 1.54) is 16.5 Å². The van der Waals surface area contributed by atoms with E-state index >= 15 is 0 Å². The molecule has 106 valence electrons. The Balaban J connectivity index is 1.91. The van der Waals surface area contributed by atoms with Gasteiger partial charge in [0.15, 0.2) is 0 Å². The van der Waals surface area contributed by atoms with Crippen molar-refractivity contribution < 1.29 is 4.39 Å². The molecule has 0 amide bonds. The molecule has 0 saturated heterocycles. The van der Waals surface area contributed by atoms with Crippen LogP contribution in [0.3, 0.4) is 0 Å². The topological polar surface area (TPSA) is 29.3 Å². The maximum atomic E-state index is 14.1. The molecule has 0 saturated carbocycles. The number of rotatable bonds is 3. The molecule has 3 rings (SSSR count). The molecule has 1 aromatic heterocycles. The van der Waals surface area contributed by atoms with E-state index < -0.39 is 0 Å². The molecule has 20 heavy (non-hydrogen) atoms. The van der Waals surface area contributed by atoms with Crippen LogP contribution < -0.4 is 5.73 Å². The van der Waals surface area contributed by atoms with Crippen molar-refractivity contribution in [1.82, 2.24) is 4.90 Å². The van der Waals surface area contributed by atoms with Gasteiger partial charge < -0.3 is 5.73 Å². The Kier molecular flexibility index (Phi) is 3.87. The second-order valence-electron chi connectivity index (χ2n) is 5.41. The molecule has 0 aliphatic carbocycles. The number of nitrogens with zero attached hydrogens (tertiary/aromatic N) is 1. The van der Waals surface area contributed by atoms with Gasteiger partial charge in [-0.1, -0.05) is 18.2 Å². The van der Waals surface area contributed by atoms with Gasteiger partial charge in [0.25, 0.3) is 0 Å². The SMILES string of the molecule is CC(N)C(c1ccccc1F)N1CCc2sccc2C1. The van der Waals surface area contributed by atoms with Gasteiger partial charge in [0.2, 0.25) is 0 Å². The summed E-state index contributed by atoms with van der Waals surface area (Å²) in [7, 11) is 0. The standard InChI is InChI=1S/C16H19FN2S/c1-11(18)16(13-4-2-3-5-14(13)17)19-8-6-15-12(10-19)7-9-20-15/h2-5,7,9,11,16H,6,8,10,18H2,1H3. The summed E-state index contributed by atoms with van der Waals surface area (Å²) in [5.74, 6) is -0.161. The van der Waals surface area contributed by atoms with Gasteiger partial charge in [0.1, 0.15) is 5.82 Å². The van der Waals surface area contributed by atoms with Gasteiger partial charge in [-0.2, -0.15) is 0 Å². The average molecular weight is 290 g/mol. The highest BCUT2D eigenvalue weighted by Gasteiger charge is 2.29. The van der Waals surface area contributed by atoms with Crippen molar-refractivity contribution in [2.75, 3.05) is 6.54 Å². The summed E-state index contributed by atoms with van der Waals surface area (Å²) in [5, 5.41) is 2.14. The zero-order valence-electron chi connectivity index (χ0n) is 11.6. The van der Waals surface area contributed by atoms with Crippen LogP contribution in [-0.4, -0.2) is 17.5 Å². The minimum atomic E-state index is -0.161. The van der Waals surface area contributed by atoms with E-state index in [4.69, 9.17) is 5.73 Å². The van der Waals surface area contributed by atoms with Crippen molar-refractivity contribution in [3.8, 4) is 0 Å². The number of nitrogens with two attached hydrogens (primary N) is 1. The first-order chi connectivity index (χ1) is 9.66. The van der Waals surface area contributed by atoms with Gasteiger partial charge in [-0.25, -0.2) is 4.39 Å². The molecular formula is C16H19FN2S. The fraction of sp³-hybridized carbons (Fsp3) is 0.375. The normalized spacial score (nSPS) is 18.6. The van der Waals surface area contributed by atoms with Gasteiger partial charge in [0, 0.05) is 29.6 Å². The van der Waals surface area contributed by atoms with Crippen LogP contribution in [0.15, 0.2) is 35.7 Å². The smallest absolute Gasteiger partial charge is 0.128 e. The maximum absolute atomic E-state index is 14.1. The zero-order valence-corrected chi connectivity index (χ0v) is 12.4. The van der Waals surface area contributed by atoms with Crippen LogP contribution in [0.2, 0.25) is 0 Å². The van der Waals surface area contributed by atoms with Crippen LogP contribution in [0.25, 0.3) is 0 Å². The Hall–Kier alpha value is -1.23. The molecule has 1 aliphatic rings. The first-order valence-electron chi connectivity index (χ1n) is 6.96. The maximum Gasteiger partial charge on any atom is 0.128 e. The molecule has 2 unspecified atom stereocenters. The highest BCUT2D eigenvalue weighted by atomic mass is 32.1. The molecule has 4 heteroatoms. The Morgan fingerprint density at radius 2 is 2.10 bits per heavy atom.